The molecule has 4 aromatic rings. The lowest BCUT2D eigenvalue weighted by Gasteiger charge is -2.36. The van der Waals surface area contributed by atoms with Crippen LogP contribution in [0.4, 0.5) is 13.2 Å². The quantitative estimate of drug-likeness (QED) is 0.335. The van der Waals surface area contributed by atoms with E-state index in [2.05, 4.69) is 15.1 Å². The van der Waals surface area contributed by atoms with Gasteiger partial charge in [-0.2, -0.15) is 18.3 Å². The van der Waals surface area contributed by atoms with E-state index in [9.17, 15) is 18.0 Å². The highest BCUT2D eigenvalue weighted by atomic mass is 19.4. The van der Waals surface area contributed by atoms with Gasteiger partial charge in [0.1, 0.15) is 5.82 Å². The van der Waals surface area contributed by atoms with Crippen molar-refractivity contribution in [2.45, 2.75) is 52.4 Å². The monoisotopic (exact) mass is 522 g/mol. The minimum absolute atomic E-state index is 0.0170. The number of benzene rings is 1. The molecule has 198 valence electrons. The number of aryl methyl sites for hydroxylation is 3. The van der Waals surface area contributed by atoms with E-state index in [1.54, 1.807) is 24.7 Å². The van der Waals surface area contributed by atoms with Crippen LogP contribution in [0.1, 0.15) is 63.5 Å². The number of nitrogens with zero attached hydrogens (tertiary/aromatic N) is 6. The summed E-state index contributed by atoms with van der Waals surface area (Å²) in [5.41, 5.74) is 3.14. The molecule has 0 radical (unpaired) electrons. The van der Waals surface area contributed by atoms with Gasteiger partial charge in [-0.3, -0.25) is 14.5 Å². The lowest BCUT2D eigenvalue weighted by Crippen LogP contribution is -2.40. The molecular formula is C28H29F3N6O. The van der Waals surface area contributed by atoms with Crippen LogP contribution >= 0.6 is 0 Å². The molecule has 0 spiro atoms. The molecule has 0 aliphatic carbocycles. The van der Waals surface area contributed by atoms with Gasteiger partial charge in [0.15, 0.2) is 5.69 Å². The van der Waals surface area contributed by atoms with E-state index in [0.29, 0.717) is 42.6 Å². The minimum Gasteiger partial charge on any atom is -0.331 e. The SMILES string of the molecule is CC[C@H](c1cncc(C)c1)N1CCc2c(cc(Cn3ccnc3C)cc2-c2cn(C)nc2C(F)(F)F)C1=O. The molecule has 1 amide bonds. The van der Waals surface area contributed by atoms with Crippen LogP contribution in [0.3, 0.4) is 0 Å². The van der Waals surface area contributed by atoms with Crippen molar-refractivity contribution >= 4 is 5.91 Å². The number of carbonyl (C=O) groups is 1. The molecule has 38 heavy (non-hydrogen) atoms. The van der Waals surface area contributed by atoms with Crippen molar-refractivity contribution in [2.75, 3.05) is 6.54 Å². The average molecular weight is 523 g/mol. The average Bonchev–Trinajstić information content (AvgIpc) is 3.46. The molecule has 4 heterocycles. The predicted molar refractivity (Wildman–Crippen MR) is 136 cm³/mol. The van der Waals surface area contributed by atoms with Crippen molar-refractivity contribution in [2.24, 2.45) is 7.05 Å². The van der Waals surface area contributed by atoms with Crippen LogP contribution in [0.2, 0.25) is 0 Å². The number of carbonyl (C=O) groups excluding carboxylic acids is 1. The molecular weight excluding hydrogens is 493 g/mol. The van der Waals surface area contributed by atoms with Crippen LogP contribution in [-0.4, -0.2) is 41.7 Å². The molecule has 10 heteroatoms. The third-order valence-corrected chi connectivity index (χ3v) is 7.11. The van der Waals surface area contributed by atoms with Crippen molar-refractivity contribution in [1.29, 1.82) is 0 Å². The maximum Gasteiger partial charge on any atom is 0.435 e. The summed E-state index contributed by atoms with van der Waals surface area (Å²) in [6.45, 7) is 6.60. The van der Waals surface area contributed by atoms with E-state index in [4.69, 9.17) is 0 Å². The summed E-state index contributed by atoms with van der Waals surface area (Å²) in [6.07, 6.45) is 4.91. The Morgan fingerprint density at radius 3 is 2.50 bits per heavy atom. The second-order valence-corrected chi connectivity index (χ2v) is 9.80. The zero-order valence-corrected chi connectivity index (χ0v) is 21.8. The van der Waals surface area contributed by atoms with Crippen LogP contribution in [-0.2, 0) is 26.2 Å². The second kappa shape index (κ2) is 9.74. The number of aromatic nitrogens is 5. The first-order valence-corrected chi connectivity index (χ1v) is 12.5. The van der Waals surface area contributed by atoms with Gasteiger partial charge in [-0.05, 0) is 66.6 Å². The Balaban J connectivity index is 1.65. The summed E-state index contributed by atoms with van der Waals surface area (Å²) in [5, 5.41) is 3.72. The Morgan fingerprint density at radius 1 is 1.08 bits per heavy atom. The van der Waals surface area contributed by atoms with E-state index in [-0.39, 0.29) is 17.5 Å². The number of fused-ring (bicyclic) bond motifs is 1. The molecule has 1 aromatic carbocycles. The molecule has 0 saturated heterocycles. The van der Waals surface area contributed by atoms with Crippen LogP contribution in [0.15, 0.2) is 49.2 Å². The maximum absolute atomic E-state index is 14.0. The number of hydrogen-bond donors (Lipinski definition) is 0. The molecule has 0 saturated carbocycles. The Morgan fingerprint density at radius 2 is 1.84 bits per heavy atom. The number of imidazole rings is 1. The normalized spacial score (nSPS) is 14.6. The van der Waals surface area contributed by atoms with Crippen LogP contribution in [0.25, 0.3) is 11.1 Å². The van der Waals surface area contributed by atoms with Crippen molar-refractivity contribution in [3.8, 4) is 11.1 Å². The van der Waals surface area contributed by atoms with Crippen molar-refractivity contribution < 1.29 is 18.0 Å². The summed E-state index contributed by atoms with van der Waals surface area (Å²) in [4.78, 5) is 24.4. The number of halogens is 3. The number of rotatable bonds is 6. The molecule has 1 atom stereocenters. The van der Waals surface area contributed by atoms with E-state index in [1.165, 1.54) is 17.9 Å². The first kappa shape index (κ1) is 25.7. The van der Waals surface area contributed by atoms with Gasteiger partial charge < -0.3 is 9.47 Å². The number of alkyl halides is 3. The summed E-state index contributed by atoms with van der Waals surface area (Å²) < 4.78 is 45.0. The van der Waals surface area contributed by atoms with Crippen LogP contribution in [0, 0.1) is 13.8 Å². The summed E-state index contributed by atoms with van der Waals surface area (Å²) in [7, 11) is 1.47. The zero-order chi connectivity index (χ0) is 27.2. The van der Waals surface area contributed by atoms with Gasteiger partial charge in [0.2, 0.25) is 0 Å². The topological polar surface area (TPSA) is 68.8 Å². The maximum atomic E-state index is 14.0. The predicted octanol–water partition coefficient (Wildman–Crippen LogP) is 5.51. The second-order valence-electron chi connectivity index (χ2n) is 9.80. The Kier molecular flexibility index (Phi) is 6.58. The Bertz CT molecular complexity index is 1500. The van der Waals surface area contributed by atoms with Gasteiger partial charge in [-0.15, -0.1) is 0 Å². The number of hydrogen-bond acceptors (Lipinski definition) is 4. The molecule has 0 fully saturated rings. The van der Waals surface area contributed by atoms with Gasteiger partial charge in [0, 0.05) is 62.2 Å². The van der Waals surface area contributed by atoms with Crippen molar-refractivity contribution in [3.05, 3.63) is 88.5 Å². The fourth-order valence-electron chi connectivity index (χ4n) is 5.37. The smallest absolute Gasteiger partial charge is 0.331 e. The van der Waals surface area contributed by atoms with Gasteiger partial charge in [0.05, 0.1) is 6.04 Å². The van der Waals surface area contributed by atoms with E-state index < -0.39 is 11.9 Å². The summed E-state index contributed by atoms with van der Waals surface area (Å²) in [5.74, 6) is 0.579. The van der Waals surface area contributed by atoms with Crippen molar-refractivity contribution in [1.82, 2.24) is 29.2 Å². The third-order valence-electron chi connectivity index (χ3n) is 7.11. The Labute approximate surface area is 218 Å². The summed E-state index contributed by atoms with van der Waals surface area (Å²) >= 11 is 0. The largest absolute Gasteiger partial charge is 0.435 e. The Hall–Kier alpha value is -3.95. The van der Waals surface area contributed by atoms with E-state index >= 15 is 0 Å². The summed E-state index contributed by atoms with van der Waals surface area (Å²) in [6, 6.07) is 5.42. The first-order valence-electron chi connectivity index (χ1n) is 12.5. The first-order chi connectivity index (χ1) is 18.1. The van der Waals surface area contributed by atoms with Crippen molar-refractivity contribution in [3.63, 3.8) is 0 Å². The fraction of sp³-hybridized carbons (Fsp3) is 0.357. The molecule has 1 aliphatic heterocycles. The van der Waals surface area contributed by atoms with Gasteiger partial charge >= 0.3 is 6.18 Å². The minimum atomic E-state index is -4.63. The van der Waals surface area contributed by atoms with E-state index in [1.807, 2.05) is 48.6 Å². The standard InChI is InChI=1S/C28H29F3N6O/c1-5-25(20-10-17(2)13-32-14-20)37-8-6-21-22(24-16-35(4)34-26(24)28(29,30)31)11-19(12-23(21)27(37)38)15-36-9-7-33-18(36)3/h7,9-14,16,25H,5-6,8,15H2,1-4H3/t25-/m1/s1. The molecule has 0 bridgehead atoms. The molecule has 1 aliphatic rings. The molecule has 0 unspecified atom stereocenters. The van der Waals surface area contributed by atoms with Crippen LogP contribution < -0.4 is 0 Å². The molecule has 0 N–H and O–H groups in total. The lowest BCUT2D eigenvalue weighted by molar-refractivity contribution is -0.140. The fourth-order valence-corrected chi connectivity index (χ4v) is 5.37. The number of amides is 1. The number of pyridine rings is 1. The molecule has 3 aromatic heterocycles. The van der Waals surface area contributed by atoms with Gasteiger partial charge in [0.25, 0.3) is 5.91 Å². The zero-order valence-electron chi connectivity index (χ0n) is 21.8. The third kappa shape index (κ3) is 4.70. The highest BCUT2D eigenvalue weighted by molar-refractivity contribution is 5.99. The molecule has 7 nitrogen and oxygen atoms in total. The highest BCUT2D eigenvalue weighted by Crippen LogP contribution is 2.41. The molecule has 5 rings (SSSR count). The van der Waals surface area contributed by atoms with Gasteiger partial charge in [-0.1, -0.05) is 13.0 Å². The van der Waals surface area contributed by atoms with Crippen LogP contribution in [0.5, 0.6) is 0 Å². The lowest BCUT2D eigenvalue weighted by atomic mass is 9.87. The van der Waals surface area contributed by atoms with E-state index in [0.717, 1.165) is 22.5 Å². The van der Waals surface area contributed by atoms with Gasteiger partial charge in [-0.25, -0.2) is 4.98 Å². The highest BCUT2D eigenvalue weighted by Gasteiger charge is 2.39.